The van der Waals surface area contributed by atoms with Crippen molar-refractivity contribution in [3.63, 3.8) is 0 Å². The van der Waals surface area contributed by atoms with Crippen LogP contribution >= 0.6 is 0 Å². The summed E-state index contributed by atoms with van der Waals surface area (Å²) in [4.78, 5) is 30.8. The fraction of sp³-hybridized carbons (Fsp3) is 0.263. The SMILES string of the molecule is Cc1cc(C(=O)Nc2ccc3nc(C4CCC4)[nH]c3c2)ccc1[N+](=O)[O-]. The first kappa shape index (κ1) is 16.3. The minimum Gasteiger partial charge on any atom is -0.342 e. The lowest BCUT2D eigenvalue weighted by molar-refractivity contribution is -0.385. The molecule has 1 saturated carbocycles. The Kier molecular flexibility index (Phi) is 3.91. The Balaban J connectivity index is 1.55. The highest BCUT2D eigenvalue weighted by atomic mass is 16.6. The van der Waals surface area contributed by atoms with Crippen molar-refractivity contribution in [3.05, 3.63) is 63.5 Å². The number of fused-ring (bicyclic) bond motifs is 1. The van der Waals surface area contributed by atoms with Gasteiger partial charge in [-0.3, -0.25) is 14.9 Å². The number of hydrogen-bond acceptors (Lipinski definition) is 4. The van der Waals surface area contributed by atoms with Crippen molar-refractivity contribution in [2.24, 2.45) is 0 Å². The van der Waals surface area contributed by atoms with Gasteiger partial charge < -0.3 is 10.3 Å². The van der Waals surface area contributed by atoms with E-state index >= 15 is 0 Å². The number of rotatable bonds is 4. The van der Waals surface area contributed by atoms with E-state index < -0.39 is 4.92 Å². The van der Waals surface area contributed by atoms with E-state index in [4.69, 9.17) is 0 Å². The molecule has 1 aliphatic carbocycles. The first-order chi connectivity index (χ1) is 12.5. The zero-order valence-corrected chi connectivity index (χ0v) is 14.3. The van der Waals surface area contributed by atoms with E-state index in [1.165, 1.54) is 37.5 Å². The van der Waals surface area contributed by atoms with Crippen molar-refractivity contribution in [1.82, 2.24) is 9.97 Å². The van der Waals surface area contributed by atoms with Gasteiger partial charge in [0.25, 0.3) is 11.6 Å². The summed E-state index contributed by atoms with van der Waals surface area (Å²) >= 11 is 0. The van der Waals surface area contributed by atoms with Gasteiger partial charge in [0, 0.05) is 28.8 Å². The summed E-state index contributed by atoms with van der Waals surface area (Å²) < 4.78 is 0. The van der Waals surface area contributed by atoms with Crippen molar-refractivity contribution >= 4 is 28.3 Å². The summed E-state index contributed by atoms with van der Waals surface area (Å²) in [5.74, 6) is 1.23. The molecule has 0 unspecified atom stereocenters. The number of nitro benzene ring substituents is 1. The molecule has 0 radical (unpaired) electrons. The van der Waals surface area contributed by atoms with E-state index in [1.54, 1.807) is 6.92 Å². The monoisotopic (exact) mass is 350 g/mol. The predicted molar refractivity (Wildman–Crippen MR) is 98.5 cm³/mol. The second-order valence-corrected chi connectivity index (χ2v) is 6.69. The van der Waals surface area contributed by atoms with Crippen LogP contribution in [0.15, 0.2) is 36.4 Å². The van der Waals surface area contributed by atoms with Crippen LogP contribution < -0.4 is 5.32 Å². The van der Waals surface area contributed by atoms with Crippen LogP contribution in [0.4, 0.5) is 11.4 Å². The Labute approximate surface area is 149 Å². The molecule has 7 heteroatoms. The first-order valence-corrected chi connectivity index (χ1v) is 8.57. The van der Waals surface area contributed by atoms with E-state index in [2.05, 4.69) is 15.3 Å². The Morgan fingerprint density at radius 1 is 1.27 bits per heavy atom. The van der Waals surface area contributed by atoms with Crippen LogP contribution in [-0.4, -0.2) is 20.8 Å². The molecule has 1 heterocycles. The van der Waals surface area contributed by atoms with Crippen molar-refractivity contribution in [2.45, 2.75) is 32.1 Å². The van der Waals surface area contributed by atoms with E-state index in [9.17, 15) is 14.9 Å². The molecule has 0 bridgehead atoms. The molecule has 132 valence electrons. The molecule has 0 atom stereocenters. The summed E-state index contributed by atoms with van der Waals surface area (Å²) in [6.45, 7) is 1.62. The molecule has 0 aliphatic heterocycles. The molecule has 2 aromatic carbocycles. The predicted octanol–water partition coefficient (Wildman–Crippen LogP) is 4.30. The Bertz CT molecular complexity index is 1020. The summed E-state index contributed by atoms with van der Waals surface area (Å²) in [5.41, 5.74) is 3.27. The number of aryl methyl sites for hydroxylation is 1. The van der Waals surface area contributed by atoms with Crippen LogP contribution in [0.25, 0.3) is 11.0 Å². The second-order valence-electron chi connectivity index (χ2n) is 6.69. The largest absolute Gasteiger partial charge is 0.342 e. The maximum Gasteiger partial charge on any atom is 0.272 e. The molecule has 1 aliphatic rings. The number of hydrogen-bond donors (Lipinski definition) is 2. The fourth-order valence-electron chi connectivity index (χ4n) is 3.19. The van der Waals surface area contributed by atoms with Gasteiger partial charge in [0.1, 0.15) is 5.82 Å². The Hall–Kier alpha value is -3.22. The van der Waals surface area contributed by atoms with Gasteiger partial charge in [-0.05, 0) is 50.1 Å². The van der Waals surface area contributed by atoms with Crippen LogP contribution in [0.1, 0.15) is 46.9 Å². The number of carbonyl (C=O) groups is 1. The molecular formula is C19H18N4O3. The lowest BCUT2D eigenvalue weighted by Gasteiger charge is -2.22. The number of nitrogens with one attached hydrogen (secondary N) is 2. The van der Waals surface area contributed by atoms with Crippen molar-refractivity contribution < 1.29 is 9.72 Å². The number of aromatic nitrogens is 2. The van der Waals surface area contributed by atoms with Gasteiger partial charge in [-0.2, -0.15) is 0 Å². The fourth-order valence-corrected chi connectivity index (χ4v) is 3.19. The molecule has 26 heavy (non-hydrogen) atoms. The average Bonchev–Trinajstić information content (AvgIpc) is 2.95. The smallest absolute Gasteiger partial charge is 0.272 e. The number of anilines is 1. The van der Waals surface area contributed by atoms with Crippen LogP contribution in [0, 0.1) is 17.0 Å². The molecule has 2 N–H and O–H groups in total. The molecule has 0 spiro atoms. The van der Waals surface area contributed by atoms with Gasteiger partial charge in [0.15, 0.2) is 0 Å². The number of carbonyl (C=O) groups excluding carboxylic acids is 1. The quantitative estimate of drug-likeness (QED) is 0.541. The lowest BCUT2D eigenvalue weighted by Crippen LogP contribution is -2.12. The van der Waals surface area contributed by atoms with Crippen molar-refractivity contribution in [1.29, 1.82) is 0 Å². The highest BCUT2D eigenvalue weighted by Crippen LogP contribution is 2.35. The van der Waals surface area contributed by atoms with Gasteiger partial charge >= 0.3 is 0 Å². The van der Waals surface area contributed by atoms with Gasteiger partial charge in [-0.15, -0.1) is 0 Å². The first-order valence-electron chi connectivity index (χ1n) is 8.57. The molecule has 7 nitrogen and oxygen atoms in total. The normalized spacial score (nSPS) is 14.2. The summed E-state index contributed by atoms with van der Waals surface area (Å²) in [5, 5.41) is 13.7. The van der Waals surface area contributed by atoms with Crippen LogP contribution in [0.5, 0.6) is 0 Å². The summed E-state index contributed by atoms with van der Waals surface area (Å²) in [6.07, 6.45) is 3.59. The van der Waals surface area contributed by atoms with Crippen molar-refractivity contribution in [3.8, 4) is 0 Å². The van der Waals surface area contributed by atoms with Crippen LogP contribution in [-0.2, 0) is 0 Å². The van der Waals surface area contributed by atoms with Gasteiger partial charge in [-0.25, -0.2) is 4.98 Å². The van der Waals surface area contributed by atoms with E-state index in [1.807, 2.05) is 18.2 Å². The number of benzene rings is 2. The number of amides is 1. The standard InChI is InChI=1S/C19H18N4O3/c1-11-9-13(5-8-17(11)23(25)26)19(24)20-14-6-7-15-16(10-14)22-18(21-15)12-3-2-4-12/h5-10,12H,2-4H2,1H3,(H,20,24)(H,21,22). The second kappa shape index (κ2) is 6.25. The number of aromatic amines is 1. The summed E-state index contributed by atoms with van der Waals surface area (Å²) in [6, 6.07) is 9.89. The van der Waals surface area contributed by atoms with Gasteiger partial charge in [-0.1, -0.05) is 6.42 Å². The van der Waals surface area contributed by atoms with Gasteiger partial charge in [0.2, 0.25) is 0 Å². The topological polar surface area (TPSA) is 101 Å². The van der Waals surface area contributed by atoms with E-state index in [0.717, 1.165) is 16.9 Å². The maximum atomic E-state index is 12.4. The number of nitrogens with zero attached hydrogens (tertiary/aromatic N) is 2. The number of H-pyrrole nitrogens is 1. The molecule has 3 aromatic rings. The molecular weight excluding hydrogens is 332 g/mol. The maximum absolute atomic E-state index is 12.4. The zero-order valence-electron chi connectivity index (χ0n) is 14.3. The lowest BCUT2D eigenvalue weighted by atomic mass is 9.85. The van der Waals surface area contributed by atoms with E-state index in [0.29, 0.717) is 22.7 Å². The molecule has 0 saturated heterocycles. The molecule has 1 amide bonds. The van der Waals surface area contributed by atoms with Crippen molar-refractivity contribution in [2.75, 3.05) is 5.32 Å². The highest BCUT2D eigenvalue weighted by Gasteiger charge is 2.22. The van der Waals surface area contributed by atoms with E-state index in [-0.39, 0.29) is 11.6 Å². The molecule has 4 rings (SSSR count). The Morgan fingerprint density at radius 3 is 2.73 bits per heavy atom. The molecule has 1 aromatic heterocycles. The third kappa shape index (κ3) is 2.92. The third-order valence-electron chi connectivity index (χ3n) is 4.91. The number of imidazole rings is 1. The van der Waals surface area contributed by atoms with Crippen LogP contribution in [0.3, 0.4) is 0 Å². The average molecular weight is 350 g/mol. The van der Waals surface area contributed by atoms with Crippen LogP contribution in [0.2, 0.25) is 0 Å². The third-order valence-corrected chi connectivity index (χ3v) is 4.91. The molecule has 1 fully saturated rings. The number of nitro groups is 1. The summed E-state index contributed by atoms with van der Waals surface area (Å²) in [7, 11) is 0. The minimum absolute atomic E-state index is 0.00366. The zero-order chi connectivity index (χ0) is 18.3. The van der Waals surface area contributed by atoms with Gasteiger partial charge in [0.05, 0.1) is 16.0 Å². The highest BCUT2D eigenvalue weighted by molar-refractivity contribution is 6.05. The Morgan fingerprint density at radius 2 is 2.08 bits per heavy atom. The minimum atomic E-state index is -0.455.